The SMILES string of the molecule is CC(C)(C)OC(=O)n1cnc(CC(N)C(=O)N[C@H](C(=O)N2Cc3ccccc3C[C@H]2C(=O)N[C@@H](CCC(N)=O)C(=O)O)C(C)(C)C)c1. The van der Waals surface area contributed by atoms with Crippen molar-refractivity contribution in [2.45, 2.75) is 104 Å². The number of aliphatic carboxylic acids is 1. The Bertz CT molecular complexity index is 1510. The topological polar surface area (TPSA) is 229 Å². The van der Waals surface area contributed by atoms with Crippen LogP contribution >= 0.6 is 0 Å². The second-order valence-electron chi connectivity index (χ2n) is 13.7. The molecular weight excluding hydrogens is 610 g/mol. The molecule has 7 N–H and O–H groups in total. The van der Waals surface area contributed by atoms with E-state index in [2.05, 4.69) is 15.6 Å². The molecule has 4 amide bonds. The molecule has 0 saturated carbocycles. The highest BCUT2D eigenvalue weighted by Gasteiger charge is 2.43. The predicted molar refractivity (Wildman–Crippen MR) is 169 cm³/mol. The molecule has 256 valence electrons. The fourth-order valence-electron chi connectivity index (χ4n) is 5.07. The number of primary amides is 1. The summed E-state index contributed by atoms with van der Waals surface area (Å²) in [7, 11) is 0. The molecule has 3 rings (SSSR count). The number of rotatable bonds is 11. The number of carboxylic acids is 1. The van der Waals surface area contributed by atoms with Crippen molar-refractivity contribution >= 4 is 35.7 Å². The Morgan fingerprint density at radius 2 is 1.68 bits per heavy atom. The van der Waals surface area contributed by atoms with Gasteiger partial charge in [-0.25, -0.2) is 19.1 Å². The van der Waals surface area contributed by atoms with Crippen LogP contribution < -0.4 is 22.1 Å². The van der Waals surface area contributed by atoms with Gasteiger partial charge in [-0.3, -0.25) is 19.2 Å². The molecule has 1 aromatic heterocycles. The number of hydrogen-bond acceptors (Lipinski definition) is 9. The lowest BCUT2D eigenvalue weighted by Gasteiger charge is -2.41. The lowest BCUT2D eigenvalue weighted by Crippen LogP contribution is -2.62. The van der Waals surface area contributed by atoms with E-state index in [0.717, 1.165) is 15.7 Å². The van der Waals surface area contributed by atoms with Gasteiger partial charge < -0.3 is 36.8 Å². The van der Waals surface area contributed by atoms with Crippen molar-refractivity contribution in [2.24, 2.45) is 16.9 Å². The van der Waals surface area contributed by atoms with E-state index < -0.39 is 70.9 Å². The van der Waals surface area contributed by atoms with Gasteiger partial charge in [-0.1, -0.05) is 45.0 Å². The Morgan fingerprint density at radius 1 is 1.04 bits per heavy atom. The van der Waals surface area contributed by atoms with Crippen LogP contribution in [-0.2, 0) is 48.1 Å². The first-order chi connectivity index (χ1) is 21.8. The maximum absolute atomic E-state index is 14.3. The van der Waals surface area contributed by atoms with Gasteiger partial charge in [-0.15, -0.1) is 0 Å². The van der Waals surface area contributed by atoms with Crippen LogP contribution in [0.1, 0.15) is 71.2 Å². The molecule has 2 aromatic rings. The number of carboxylic acid groups (broad SMARTS) is 1. The number of benzene rings is 1. The minimum Gasteiger partial charge on any atom is -0.480 e. The van der Waals surface area contributed by atoms with Crippen LogP contribution in [0.5, 0.6) is 0 Å². The number of amides is 4. The maximum Gasteiger partial charge on any atom is 0.419 e. The van der Waals surface area contributed by atoms with E-state index in [0.29, 0.717) is 5.69 Å². The molecular formula is C32H45N7O8. The summed E-state index contributed by atoms with van der Waals surface area (Å²) in [4.78, 5) is 82.2. The Hall–Kier alpha value is -4.79. The number of aromatic nitrogens is 2. The Labute approximate surface area is 273 Å². The van der Waals surface area contributed by atoms with Gasteiger partial charge in [-0.2, -0.15) is 0 Å². The molecule has 4 atom stereocenters. The van der Waals surface area contributed by atoms with Crippen molar-refractivity contribution in [3.8, 4) is 0 Å². The van der Waals surface area contributed by atoms with Crippen LogP contribution in [0.25, 0.3) is 0 Å². The molecule has 0 saturated heterocycles. The van der Waals surface area contributed by atoms with Crippen LogP contribution in [0.2, 0.25) is 0 Å². The summed E-state index contributed by atoms with van der Waals surface area (Å²) in [5.41, 5.74) is 11.8. The fourth-order valence-corrected chi connectivity index (χ4v) is 5.07. The van der Waals surface area contributed by atoms with Crippen molar-refractivity contribution in [3.63, 3.8) is 0 Å². The van der Waals surface area contributed by atoms with Crippen molar-refractivity contribution in [2.75, 3.05) is 0 Å². The van der Waals surface area contributed by atoms with Gasteiger partial charge in [0.15, 0.2) is 0 Å². The van der Waals surface area contributed by atoms with E-state index in [4.69, 9.17) is 16.2 Å². The first kappa shape index (κ1) is 36.7. The van der Waals surface area contributed by atoms with Gasteiger partial charge in [0.2, 0.25) is 23.6 Å². The van der Waals surface area contributed by atoms with Crippen LogP contribution in [0, 0.1) is 5.41 Å². The molecule has 15 nitrogen and oxygen atoms in total. The van der Waals surface area contributed by atoms with Crippen LogP contribution in [0.3, 0.4) is 0 Å². The quantitative estimate of drug-likeness (QED) is 0.229. The standard InChI is InChI=1S/C32H45N7O8/c1-31(2,3)25(37-26(41)21(33)14-20-16-38(17-35-20)30(46)47-32(4,5)6)28(43)39-15-19-10-8-7-9-18(19)13-23(39)27(42)36-22(29(44)45)11-12-24(34)40/h7-10,16-17,21-23,25H,11-15,33H2,1-6H3,(H2,34,40)(H,36,42)(H,37,41)(H,44,45)/t21?,22-,23-,25+/m0/s1. The Morgan fingerprint density at radius 3 is 2.26 bits per heavy atom. The highest BCUT2D eigenvalue weighted by Crippen LogP contribution is 2.28. The van der Waals surface area contributed by atoms with E-state index >= 15 is 0 Å². The minimum absolute atomic E-state index is 0.0305. The number of fused-ring (bicyclic) bond motifs is 1. The smallest absolute Gasteiger partial charge is 0.419 e. The first-order valence-electron chi connectivity index (χ1n) is 15.3. The number of nitrogens with two attached hydrogens (primary N) is 2. The number of nitrogens with one attached hydrogen (secondary N) is 2. The summed E-state index contributed by atoms with van der Waals surface area (Å²) in [6.45, 7) is 10.5. The number of ether oxygens (including phenoxy) is 1. The third-order valence-corrected chi connectivity index (χ3v) is 7.53. The summed E-state index contributed by atoms with van der Waals surface area (Å²) < 4.78 is 6.47. The molecule has 0 aliphatic carbocycles. The molecule has 0 radical (unpaired) electrons. The van der Waals surface area contributed by atoms with E-state index in [1.807, 2.05) is 12.1 Å². The molecule has 1 unspecified atom stereocenters. The Balaban J connectivity index is 1.82. The largest absolute Gasteiger partial charge is 0.480 e. The molecule has 1 aliphatic heterocycles. The Kier molecular flexibility index (Phi) is 11.5. The third-order valence-electron chi connectivity index (χ3n) is 7.53. The van der Waals surface area contributed by atoms with E-state index in [-0.39, 0.29) is 32.2 Å². The van der Waals surface area contributed by atoms with Crippen molar-refractivity contribution in [3.05, 3.63) is 53.6 Å². The van der Waals surface area contributed by atoms with E-state index in [1.54, 1.807) is 53.7 Å². The zero-order valence-corrected chi connectivity index (χ0v) is 27.6. The van der Waals surface area contributed by atoms with E-state index in [9.17, 15) is 33.9 Å². The van der Waals surface area contributed by atoms with Gasteiger partial charge in [0.25, 0.3) is 0 Å². The van der Waals surface area contributed by atoms with Gasteiger partial charge >= 0.3 is 12.1 Å². The highest BCUT2D eigenvalue weighted by atomic mass is 16.6. The normalized spacial score (nSPS) is 16.7. The number of carbonyl (C=O) groups excluding carboxylic acids is 5. The monoisotopic (exact) mass is 655 g/mol. The first-order valence-corrected chi connectivity index (χ1v) is 15.3. The number of carbonyl (C=O) groups is 6. The summed E-state index contributed by atoms with van der Waals surface area (Å²) in [5, 5.41) is 14.9. The molecule has 15 heteroatoms. The van der Waals surface area contributed by atoms with Crippen LogP contribution in [0.15, 0.2) is 36.8 Å². The lowest BCUT2D eigenvalue weighted by atomic mass is 9.84. The summed E-state index contributed by atoms with van der Waals surface area (Å²) in [6.07, 6.45) is 1.61. The minimum atomic E-state index is -1.40. The fraction of sp³-hybridized carbons (Fsp3) is 0.531. The second kappa shape index (κ2) is 14.8. The molecule has 0 fully saturated rings. The molecule has 47 heavy (non-hydrogen) atoms. The van der Waals surface area contributed by atoms with Gasteiger partial charge in [-0.05, 0) is 43.7 Å². The van der Waals surface area contributed by atoms with Gasteiger partial charge in [0, 0.05) is 32.0 Å². The van der Waals surface area contributed by atoms with Crippen LogP contribution in [-0.4, -0.2) is 85.0 Å². The average Bonchev–Trinajstić information content (AvgIpc) is 3.43. The van der Waals surface area contributed by atoms with Crippen molar-refractivity contribution in [1.29, 1.82) is 0 Å². The van der Waals surface area contributed by atoms with Gasteiger partial charge in [0.05, 0.1) is 11.7 Å². The highest BCUT2D eigenvalue weighted by molar-refractivity contribution is 5.95. The van der Waals surface area contributed by atoms with Crippen molar-refractivity contribution < 1.29 is 38.6 Å². The zero-order valence-electron chi connectivity index (χ0n) is 27.6. The summed E-state index contributed by atoms with van der Waals surface area (Å²) in [5.74, 6) is -4.00. The van der Waals surface area contributed by atoms with E-state index in [1.165, 1.54) is 17.4 Å². The third kappa shape index (κ3) is 10.1. The number of nitrogens with zero attached hydrogens (tertiary/aromatic N) is 3. The van der Waals surface area contributed by atoms with Gasteiger partial charge in [0.1, 0.15) is 30.1 Å². The zero-order chi connectivity index (χ0) is 35.3. The average molecular weight is 656 g/mol. The van der Waals surface area contributed by atoms with Crippen molar-refractivity contribution in [1.82, 2.24) is 25.1 Å². The summed E-state index contributed by atoms with van der Waals surface area (Å²) >= 11 is 0. The predicted octanol–water partition coefficient (Wildman–Crippen LogP) is 0.855. The second-order valence-corrected chi connectivity index (χ2v) is 13.7. The van der Waals surface area contributed by atoms with Crippen LogP contribution in [0.4, 0.5) is 4.79 Å². The number of hydrogen-bond donors (Lipinski definition) is 5. The molecule has 0 bridgehead atoms. The molecule has 2 heterocycles. The summed E-state index contributed by atoms with van der Waals surface area (Å²) in [6, 6.07) is 2.47. The maximum atomic E-state index is 14.3. The molecule has 1 aromatic carbocycles. The molecule has 0 spiro atoms. The molecule has 1 aliphatic rings. The number of imidazole rings is 1. The lowest BCUT2D eigenvalue weighted by molar-refractivity contribution is -0.148.